The predicted molar refractivity (Wildman–Crippen MR) is 46.7 cm³/mol. The van der Waals surface area contributed by atoms with E-state index < -0.39 is 0 Å². The smallest absolute Gasteiger partial charge is 0.125 e. The average Bonchev–Trinajstić information content (AvgIpc) is 2.07. The van der Waals surface area contributed by atoms with Crippen LogP contribution in [-0.2, 0) is 4.79 Å². The Balaban J connectivity index is 2.99. The Morgan fingerprint density at radius 2 is 1.73 bits per heavy atom. The molecule has 0 bridgehead atoms. The number of benzene rings is 1. The molecule has 1 aromatic rings. The Bertz CT molecular complexity index is 289. The first kappa shape index (κ1) is 7.52. The van der Waals surface area contributed by atoms with E-state index in [1.807, 2.05) is 24.3 Å². The molecule has 0 unspecified atom stereocenters. The Morgan fingerprint density at radius 1 is 1.18 bits per heavy atom. The molecule has 0 N–H and O–H groups in total. The molecule has 1 aromatic carbocycles. The maximum absolute atomic E-state index is 9.93. The van der Waals surface area contributed by atoms with Gasteiger partial charge in [-0.15, -0.1) is 0 Å². The summed E-state index contributed by atoms with van der Waals surface area (Å²) >= 11 is 0. The Kier molecular flexibility index (Phi) is 2.42. The van der Waals surface area contributed by atoms with Gasteiger partial charge in [0.15, 0.2) is 0 Å². The van der Waals surface area contributed by atoms with E-state index in [2.05, 4.69) is 6.58 Å². The van der Waals surface area contributed by atoms with E-state index in [1.54, 1.807) is 12.0 Å². The Labute approximate surface area is 65.7 Å². The van der Waals surface area contributed by atoms with Gasteiger partial charge in [0.1, 0.15) is 5.94 Å². The second-order valence-electron chi connectivity index (χ2n) is 2.13. The van der Waals surface area contributed by atoms with E-state index in [9.17, 15) is 4.79 Å². The van der Waals surface area contributed by atoms with Crippen LogP contribution in [0.5, 0.6) is 0 Å². The first-order valence-electron chi connectivity index (χ1n) is 3.30. The largest absolute Gasteiger partial charge is 0.233 e. The highest BCUT2D eigenvalue weighted by molar-refractivity contribution is 5.74. The van der Waals surface area contributed by atoms with E-state index in [0.717, 1.165) is 11.1 Å². The molecular formula is C10H8O. The summed E-state index contributed by atoms with van der Waals surface area (Å²) in [6.07, 6.45) is 3.15. The average molecular weight is 144 g/mol. The van der Waals surface area contributed by atoms with Gasteiger partial charge in [-0.25, -0.2) is 4.79 Å². The zero-order valence-electron chi connectivity index (χ0n) is 6.08. The van der Waals surface area contributed by atoms with Crippen LogP contribution in [0.2, 0.25) is 0 Å². The molecule has 0 aliphatic heterocycles. The number of hydrogen-bond donors (Lipinski definition) is 0. The molecule has 0 aliphatic rings. The maximum Gasteiger partial charge on any atom is 0.125 e. The highest BCUT2D eigenvalue weighted by Gasteiger charge is 1.85. The molecule has 0 spiro atoms. The molecule has 0 aromatic heterocycles. The molecule has 0 saturated heterocycles. The van der Waals surface area contributed by atoms with Crippen LogP contribution in [0.4, 0.5) is 0 Å². The minimum Gasteiger partial charge on any atom is -0.233 e. The fourth-order valence-corrected chi connectivity index (χ4v) is 0.796. The van der Waals surface area contributed by atoms with Crippen molar-refractivity contribution >= 4 is 18.1 Å². The second-order valence-corrected chi connectivity index (χ2v) is 2.13. The molecule has 0 fully saturated rings. The molecule has 0 radical (unpaired) electrons. The fourth-order valence-electron chi connectivity index (χ4n) is 0.796. The highest BCUT2D eigenvalue weighted by Crippen LogP contribution is 2.05. The molecule has 0 amide bonds. The molecule has 1 heteroatoms. The third kappa shape index (κ3) is 1.92. The summed E-state index contributed by atoms with van der Waals surface area (Å²) in [5.41, 5.74) is 1.92. The number of hydrogen-bond acceptors (Lipinski definition) is 1. The molecule has 11 heavy (non-hydrogen) atoms. The first-order valence-corrected chi connectivity index (χ1v) is 3.30. The third-order valence-corrected chi connectivity index (χ3v) is 1.40. The number of rotatable bonds is 2. The quantitative estimate of drug-likeness (QED) is 0.581. The van der Waals surface area contributed by atoms with Crippen LogP contribution < -0.4 is 0 Å². The van der Waals surface area contributed by atoms with Crippen LogP contribution in [0.1, 0.15) is 11.1 Å². The SMILES string of the molecule is C=Cc1ccc(C=C=O)cc1. The van der Waals surface area contributed by atoms with Gasteiger partial charge in [0, 0.05) is 6.08 Å². The van der Waals surface area contributed by atoms with Gasteiger partial charge in [-0.3, -0.25) is 0 Å². The second kappa shape index (κ2) is 3.55. The van der Waals surface area contributed by atoms with E-state index in [0.29, 0.717) is 0 Å². The van der Waals surface area contributed by atoms with Crippen LogP contribution >= 0.6 is 0 Å². The van der Waals surface area contributed by atoms with Gasteiger partial charge in [0.05, 0.1) is 0 Å². The van der Waals surface area contributed by atoms with Crippen molar-refractivity contribution in [3.8, 4) is 0 Å². The van der Waals surface area contributed by atoms with E-state index in [4.69, 9.17) is 0 Å². The topological polar surface area (TPSA) is 17.1 Å². The van der Waals surface area contributed by atoms with Gasteiger partial charge >= 0.3 is 0 Å². The van der Waals surface area contributed by atoms with Gasteiger partial charge in [-0.1, -0.05) is 36.9 Å². The zero-order valence-corrected chi connectivity index (χ0v) is 6.08. The van der Waals surface area contributed by atoms with Crippen molar-refractivity contribution in [1.29, 1.82) is 0 Å². The van der Waals surface area contributed by atoms with Gasteiger partial charge in [-0.2, -0.15) is 0 Å². The summed E-state index contributed by atoms with van der Waals surface area (Å²) < 4.78 is 0. The van der Waals surface area contributed by atoms with E-state index in [1.165, 1.54) is 6.08 Å². The Morgan fingerprint density at radius 3 is 2.18 bits per heavy atom. The predicted octanol–water partition coefficient (Wildman–Crippen LogP) is 2.17. The van der Waals surface area contributed by atoms with Crippen molar-refractivity contribution in [1.82, 2.24) is 0 Å². The van der Waals surface area contributed by atoms with Gasteiger partial charge in [0.25, 0.3) is 0 Å². The zero-order chi connectivity index (χ0) is 8.10. The molecule has 1 rings (SSSR count). The van der Waals surface area contributed by atoms with Crippen LogP contribution in [0, 0.1) is 0 Å². The molecular weight excluding hydrogens is 136 g/mol. The molecule has 0 saturated carbocycles. The summed E-state index contributed by atoms with van der Waals surface area (Å²) in [7, 11) is 0. The van der Waals surface area contributed by atoms with Gasteiger partial charge in [-0.05, 0) is 11.1 Å². The fraction of sp³-hybridized carbons (Fsp3) is 0. The highest BCUT2D eigenvalue weighted by atomic mass is 16.1. The van der Waals surface area contributed by atoms with Gasteiger partial charge in [0.2, 0.25) is 0 Å². The van der Waals surface area contributed by atoms with Crippen LogP contribution in [0.3, 0.4) is 0 Å². The molecule has 0 atom stereocenters. The minimum absolute atomic E-state index is 0.866. The summed E-state index contributed by atoms with van der Waals surface area (Å²) in [6, 6.07) is 7.50. The minimum atomic E-state index is 0.866. The lowest BCUT2D eigenvalue weighted by Crippen LogP contribution is -1.73. The summed E-state index contributed by atoms with van der Waals surface area (Å²) in [6.45, 7) is 3.62. The van der Waals surface area contributed by atoms with Gasteiger partial charge < -0.3 is 0 Å². The molecule has 0 aliphatic carbocycles. The molecule has 54 valence electrons. The van der Waals surface area contributed by atoms with Crippen molar-refractivity contribution in [3.05, 3.63) is 42.0 Å². The van der Waals surface area contributed by atoms with Crippen molar-refractivity contribution in [2.24, 2.45) is 0 Å². The lowest BCUT2D eigenvalue weighted by molar-refractivity contribution is 0.570. The van der Waals surface area contributed by atoms with Crippen LogP contribution in [0.25, 0.3) is 12.2 Å². The number of carbonyl (C=O) groups excluding carboxylic acids is 1. The lowest BCUT2D eigenvalue weighted by atomic mass is 10.1. The molecule has 1 nitrogen and oxygen atoms in total. The van der Waals surface area contributed by atoms with Crippen molar-refractivity contribution < 1.29 is 4.79 Å². The third-order valence-electron chi connectivity index (χ3n) is 1.40. The van der Waals surface area contributed by atoms with Crippen molar-refractivity contribution in [2.45, 2.75) is 0 Å². The van der Waals surface area contributed by atoms with Crippen LogP contribution in [0.15, 0.2) is 30.8 Å². The molecule has 0 heterocycles. The van der Waals surface area contributed by atoms with Crippen molar-refractivity contribution in [2.75, 3.05) is 0 Å². The Hall–Kier alpha value is -1.59. The van der Waals surface area contributed by atoms with E-state index in [-0.39, 0.29) is 0 Å². The van der Waals surface area contributed by atoms with Crippen LogP contribution in [-0.4, -0.2) is 5.94 Å². The summed E-state index contributed by atoms with van der Waals surface area (Å²) in [5.74, 6) is 1.72. The summed E-state index contributed by atoms with van der Waals surface area (Å²) in [5, 5.41) is 0. The monoisotopic (exact) mass is 144 g/mol. The first-order chi connectivity index (χ1) is 5.36. The summed E-state index contributed by atoms with van der Waals surface area (Å²) in [4.78, 5) is 9.93. The van der Waals surface area contributed by atoms with E-state index >= 15 is 0 Å². The normalized spacial score (nSPS) is 8.36. The standard InChI is InChI=1S/C10H8O/c1-2-9-3-5-10(6-4-9)7-8-11/h2-7H,1H2. The van der Waals surface area contributed by atoms with Crippen molar-refractivity contribution in [3.63, 3.8) is 0 Å². The lowest BCUT2D eigenvalue weighted by Gasteiger charge is -1.91. The maximum atomic E-state index is 9.93.